The van der Waals surface area contributed by atoms with E-state index < -0.39 is 16.7 Å². The minimum absolute atomic E-state index is 0.00460. The van der Waals surface area contributed by atoms with Crippen LogP contribution in [0.15, 0.2) is 23.3 Å². The Balaban J connectivity index is 2.10. The van der Waals surface area contributed by atoms with Gasteiger partial charge in [-0.15, -0.1) is 0 Å². The lowest BCUT2D eigenvalue weighted by molar-refractivity contribution is -0.385. The number of nitrogens with one attached hydrogen (secondary N) is 2. The summed E-state index contributed by atoms with van der Waals surface area (Å²) in [4.78, 5) is 34.1. The van der Waals surface area contributed by atoms with Crippen LogP contribution in [0.2, 0.25) is 0 Å². The van der Waals surface area contributed by atoms with E-state index in [4.69, 9.17) is 0 Å². The standard InChI is InChI=1S/C15H18N4O4/c1-9-5-6-11(8-13(9)19(22)23)10(2)17-18-15(21)12-4-3-7-16-14(12)20/h5-6,8,12H,3-4,7H2,1-2H3,(H,16,20)(H,18,21). The highest BCUT2D eigenvalue weighted by Crippen LogP contribution is 2.19. The molecule has 2 amide bonds. The molecule has 1 heterocycles. The van der Waals surface area contributed by atoms with E-state index in [2.05, 4.69) is 15.8 Å². The third-order valence-corrected chi connectivity index (χ3v) is 3.76. The van der Waals surface area contributed by atoms with Crippen molar-refractivity contribution in [3.05, 3.63) is 39.4 Å². The molecule has 1 aromatic rings. The molecule has 1 fully saturated rings. The largest absolute Gasteiger partial charge is 0.355 e. The van der Waals surface area contributed by atoms with Gasteiger partial charge in [-0.05, 0) is 26.7 Å². The molecule has 1 saturated heterocycles. The van der Waals surface area contributed by atoms with E-state index in [1.54, 1.807) is 26.0 Å². The highest BCUT2D eigenvalue weighted by molar-refractivity contribution is 6.03. The van der Waals surface area contributed by atoms with Crippen LogP contribution in [-0.2, 0) is 9.59 Å². The molecular formula is C15H18N4O4. The maximum absolute atomic E-state index is 12.0. The number of carbonyl (C=O) groups is 2. The predicted octanol–water partition coefficient (Wildman–Crippen LogP) is 1.27. The summed E-state index contributed by atoms with van der Waals surface area (Å²) >= 11 is 0. The fourth-order valence-electron chi connectivity index (χ4n) is 2.33. The fourth-order valence-corrected chi connectivity index (χ4v) is 2.33. The molecule has 2 N–H and O–H groups in total. The molecular weight excluding hydrogens is 300 g/mol. The molecule has 8 nitrogen and oxygen atoms in total. The lowest BCUT2D eigenvalue weighted by Gasteiger charge is -2.19. The van der Waals surface area contributed by atoms with Gasteiger partial charge in [0.15, 0.2) is 0 Å². The maximum Gasteiger partial charge on any atom is 0.272 e. The summed E-state index contributed by atoms with van der Waals surface area (Å²) in [6, 6.07) is 4.73. The Morgan fingerprint density at radius 1 is 1.48 bits per heavy atom. The third kappa shape index (κ3) is 3.91. The molecule has 0 aliphatic carbocycles. The van der Waals surface area contributed by atoms with Crippen LogP contribution in [0, 0.1) is 23.0 Å². The molecule has 122 valence electrons. The average molecular weight is 318 g/mol. The van der Waals surface area contributed by atoms with Crippen LogP contribution in [0.5, 0.6) is 0 Å². The fraction of sp³-hybridized carbons (Fsp3) is 0.400. The van der Waals surface area contributed by atoms with Gasteiger partial charge in [0.1, 0.15) is 5.92 Å². The number of hydrazone groups is 1. The van der Waals surface area contributed by atoms with Gasteiger partial charge in [-0.2, -0.15) is 5.10 Å². The van der Waals surface area contributed by atoms with E-state index in [0.29, 0.717) is 29.8 Å². The predicted molar refractivity (Wildman–Crippen MR) is 83.9 cm³/mol. The minimum atomic E-state index is -0.743. The Morgan fingerprint density at radius 2 is 2.22 bits per heavy atom. The number of hydrogen-bond donors (Lipinski definition) is 2. The van der Waals surface area contributed by atoms with Crippen LogP contribution >= 0.6 is 0 Å². The summed E-state index contributed by atoms with van der Waals surface area (Å²) in [6.07, 6.45) is 1.24. The number of piperidine rings is 1. The Hall–Kier alpha value is -2.77. The summed E-state index contributed by atoms with van der Waals surface area (Å²) in [5.74, 6) is -1.51. The van der Waals surface area contributed by atoms with Crippen LogP contribution < -0.4 is 10.7 Å². The van der Waals surface area contributed by atoms with E-state index in [-0.39, 0.29) is 11.6 Å². The topological polar surface area (TPSA) is 114 Å². The zero-order chi connectivity index (χ0) is 17.0. The van der Waals surface area contributed by atoms with Crippen LogP contribution in [0.3, 0.4) is 0 Å². The second-order valence-corrected chi connectivity index (χ2v) is 5.42. The number of rotatable bonds is 4. The number of nitro groups is 1. The molecule has 0 radical (unpaired) electrons. The second-order valence-electron chi connectivity index (χ2n) is 5.42. The number of nitro benzene ring substituents is 1. The van der Waals surface area contributed by atoms with Gasteiger partial charge in [-0.3, -0.25) is 19.7 Å². The van der Waals surface area contributed by atoms with Crippen molar-refractivity contribution >= 4 is 23.2 Å². The van der Waals surface area contributed by atoms with Gasteiger partial charge in [0.05, 0.1) is 10.6 Å². The van der Waals surface area contributed by atoms with E-state index in [1.165, 1.54) is 6.07 Å². The van der Waals surface area contributed by atoms with Crippen molar-refractivity contribution < 1.29 is 14.5 Å². The highest BCUT2D eigenvalue weighted by atomic mass is 16.6. The van der Waals surface area contributed by atoms with Gasteiger partial charge in [0, 0.05) is 23.7 Å². The first-order chi connectivity index (χ1) is 10.9. The molecule has 1 aliphatic rings. The number of aryl methyl sites for hydroxylation is 1. The van der Waals surface area contributed by atoms with Crippen LogP contribution in [0.1, 0.15) is 30.9 Å². The van der Waals surface area contributed by atoms with Crippen molar-refractivity contribution in [1.29, 1.82) is 0 Å². The first-order valence-corrected chi connectivity index (χ1v) is 7.27. The molecule has 23 heavy (non-hydrogen) atoms. The third-order valence-electron chi connectivity index (χ3n) is 3.76. The molecule has 1 aliphatic heterocycles. The maximum atomic E-state index is 12.0. The first-order valence-electron chi connectivity index (χ1n) is 7.27. The molecule has 0 aromatic heterocycles. The van der Waals surface area contributed by atoms with Gasteiger partial charge < -0.3 is 5.32 Å². The van der Waals surface area contributed by atoms with E-state index in [1.807, 2.05) is 0 Å². The summed E-state index contributed by atoms with van der Waals surface area (Å²) in [5.41, 5.74) is 3.87. The Kier molecular flexibility index (Phi) is 5.05. The van der Waals surface area contributed by atoms with Crippen LogP contribution in [-0.4, -0.2) is 29.0 Å². The summed E-state index contributed by atoms with van der Waals surface area (Å²) in [5, 5.41) is 17.5. The van der Waals surface area contributed by atoms with Crippen molar-refractivity contribution in [2.24, 2.45) is 11.0 Å². The Morgan fingerprint density at radius 3 is 2.87 bits per heavy atom. The van der Waals surface area contributed by atoms with Crippen molar-refractivity contribution in [1.82, 2.24) is 10.7 Å². The minimum Gasteiger partial charge on any atom is -0.355 e. The Labute approximate surface area is 133 Å². The molecule has 0 bridgehead atoms. The molecule has 8 heteroatoms. The van der Waals surface area contributed by atoms with Crippen molar-refractivity contribution in [2.45, 2.75) is 26.7 Å². The molecule has 1 unspecified atom stereocenters. The quantitative estimate of drug-likeness (QED) is 0.376. The Bertz CT molecular complexity index is 684. The molecule has 0 saturated carbocycles. The van der Waals surface area contributed by atoms with E-state index in [0.717, 1.165) is 6.42 Å². The van der Waals surface area contributed by atoms with Gasteiger partial charge in [0.25, 0.3) is 11.6 Å². The smallest absolute Gasteiger partial charge is 0.272 e. The van der Waals surface area contributed by atoms with E-state index in [9.17, 15) is 19.7 Å². The zero-order valence-corrected chi connectivity index (χ0v) is 13.0. The summed E-state index contributed by atoms with van der Waals surface area (Å²) in [7, 11) is 0. The number of carbonyl (C=O) groups excluding carboxylic acids is 2. The average Bonchev–Trinajstić information content (AvgIpc) is 2.52. The van der Waals surface area contributed by atoms with Gasteiger partial charge in [-0.1, -0.05) is 12.1 Å². The van der Waals surface area contributed by atoms with E-state index >= 15 is 0 Å². The molecule has 0 spiro atoms. The number of amides is 2. The first kappa shape index (κ1) is 16.6. The monoisotopic (exact) mass is 318 g/mol. The number of nitrogens with zero attached hydrogens (tertiary/aromatic N) is 2. The lowest BCUT2D eigenvalue weighted by atomic mass is 9.98. The normalized spacial score (nSPS) is 18.3. The van der Waals surface area contributed by atoms with Crippen LogP contribution in [0.25, 0.3) is 0 Å². The lowest BCUT2D eigenvalue weighted by Crippen LogP contribution is -2.44. The van der Waals surface area contributed by atoms with Crippen LogP contribution in [0.4, 0.5) is 5.69 Å². The summed E-state index contributed by atoms with van der Waals surface area (Å²) in [6.45, 7) is 3.87. The van der Waals surface area contributed by atoms with Crippen molar-refractivity contribution in [3.63, 3.8) is 0 Å². The molecule has 1 aromatic carbocycles. The van der Waals surface area contributed by atoms with Gasteiger partial charge >= 0.3 is 0 Å². The van der Waals surface area contributed by atoms with Crippen molar-refractivity contribution in [2.75, 3.05) is 6.54 Å². The SMILES string of the molecule is CC(=NNC(=O)C1CCCNC1=O)c1ccc(C)c([N+](=O)[O-])c1. The molecule has 2 rings (SSSR count). The molecule has 1 atom stereocenters. The highest BCUT2D eigenvalue weighted by Gasteiger charge is 2.28. The number of hydrogen-bond acceptors (Lipinski definition) is 5. The zero-order valence-electron chi connectivity index (χ0n) is 13.0. The number of benzene rings is 1. The van der Waals surface area contributed by atoms with Gasteiger partial charge in [-0.25, -0.2) is 5.43 Å². The second kappa shape index (κ2) is 6.99. The van der Waals surface area contributed by atoms with Gasteiger partial charge in [0.2, 0.25) is 5.91 Å². The van der Waals surface area contributed by atoms with Crippen molar-refractivity contribution in [3.8, 4) is 0 Å². The summed E-state index contributed by atoms with van der Waals surface area (Å²) < 4.78 is 0.